The molecule has 1 aliphatic carbocycles. The Morgan fingerprint density at radius 3 is 2.53 bits per heavy atom. The number of halogens is 2. The number of rotatable bonds is 3. The van der Waals surface area contributed by atoms with Crippen LogP contribution in [0, 0.1) is 5.92 Å². The van der Waals surface area contributed by atoms with Gasteiger partial charge in [0.05, 0.1) is 10.6 Å². The molecule has 0 spiro atoms. The Hall–Kier alpha value is -2.37. The standard InChI is InChI=1S/C23H22Cl2N2O3/c24-16-5-9-19(20(25)13-16)22(29)26-17-6-3-14(4-7-17)23(30)27-11-1-2-15-12-18(28)8-10-21(15)27/h3-7,9,13,15,21H,1-2,8,10-12H2,(H,26,29)/t15-,21-/m0/s1. The summed E-state index contributed by atoms with van der Waals surface area (Å²) in [6, 6.07) is 11.7. The Labute approximate surface area is 185 Å². The Kier molecular flexibility index (Phi) is 6.11. The minimum absolute atomic E-state index is 0.0160. The quantitative estimate of drug-likeness (QED) is 0.705. The van der Waals surface area contributed by atoms with Gasteiger partial charge < -0.3 is 10.2 Å². The fourth-order valence-electron chi connectivity index (χ4n) is 4.46. The third-order valence-corrected chi connectivity index (χ3v) is 6.50. The summed E-state index contributed by atoms with van der Waals surface area (Å²) in [6.45, 7) is 0.724. The molecule has 7 heteroatoms. The van der Waals surface area contributed by atoms with Crippen LogP contribution in [0.2, 0.25) is 10.0 Å². The maximum absolute atomic E-state index is 13.1. The van der Waals surface area contributed by atoms with Crippen molar-refractivity contribution in [2.45, 2.75) is 38.1 Å². The lowest BCUT2D eigenvalue weighted by molar-refractivity contribution is -0.123. The zero-order chi connectivity index (χ0) is 21.3. The molecule has 1 aliphatic heterocycles. The molecule has 30 heavy (non-hydrogen) atoms. The lowest BCUT2D eigenvalue weighted by Gasteiger charge is -2.43. The highest BCUT2D eigenvalue weighted by atomic mass is 35.5. The van der Waals surface area contributed by atoms with Crippen molar-refractivity contribution in [3.05, 3.63) is 63.6 Å². The van der Waals surface area contributed by atoms with E-state index in [1.54, 1.807) is 36.4 Å². The van der Waals surface area contributed by atoms with Gasteiger partial charge in [0.1, 0.15) is 5.78 Å². The molecular formula is C23H22Cl2N2O3. The smallest absolute Gasteiger partial charge is 0.257 e. The number of amides is 2. The molecule has 5 nitrogen and oxygen atoms in total. The van der Waals surface area contributed by atoms with Crippen LogP contribution in [0.1, 0.15) is 52.8 Å². The number of hydrogen-bond donors (Lipinski definition) is 1. The first-order valence-electron chi connectivity index (χ1n) is 10.1. The van der Waals surface area contributed by atoms with Crippen molar-refractivity contribution in [2.75, 3.05) is 11.9 Å². The molecule has 0 bridgehead atoms. The molecule has 1 heterocycles. The molecule has 156 valence electrons. The molecule has 2 aromatic rings. The number of likely N-dealkylation sites (tertiary alicyclic amines) is 1. The lowest BCUT2D eigenvalue weighted by Crippen LogP contribution is -2.50. The van der Waals surface area contributed by atoms with E-state index in [9.17, 15) is 14.4 Å². The number of carbonyl (C=O) groups excluding carboxylic acids is 3. The Morgan fingerprint density at radius 2 is 1.80 bits per heavy atom. The van der Waals surface area contributed by atoms with E-state index in [1.807, 2.05) is 4.90 Å². The number of benzene rings is 2. The topological polar surface area (TPSA) is 66.5 Å². The van der Waals surface area contributed by atoms with Crippen LogP contribution in [0.5, 0.6) is 0 Å². The van der Waals surface area contributed by atoms with Crippen molar-refractivity contribution >= 4 is 46.5 Å². The average molecular weight is 445 g/mol. The third-order valence-electron chi connectivity index (χ3n) is 5.95. The first-order valence-corrected chi connectivity index (χ1v) is 10.9. The molecule has 2 amide bonds. The number of Topliss-reactive ketones (excluding diaryl/α,β-unsaturated/α-hetero) is 1. The third kappa shape index (κ3) is 4.37. The van der Waals surface area contributed by atoms with Gasteiger partial charge in [-0.3, -0.25) is 14.4 Å². The molecule has 0 aromatic heterocycles. The van der Waals surface area contributed by atoms with E-state index in [-0.39, 0.29) is 28.8 Å². The molecule has 1 N–H and O–H groups in total. The predicted molar refractivity (Wildman–Crippen MR) is 117 cm³/mol. The normalized spacial score (nSPS) is 21.1. The van der Waals surface area contributed by atoms with Crippen molar-refractivity contribution < 1.29 is 14.4 Å². The molecule has 2 aromatic carbocycles. The lowest BCUT2D eigenvalue weighted by atomic mass is 9.77. The maximum atomic E-state index is 13.1. The first kappa shape index (κ1) is 20.9. The summed E-state index contributed by atoms with van der Waals surface area (Å²) >= 11 is 12.0. The van der Waals surface area contributed by atoms with Gasteiger partial charge in [-0.25, -0.2) is 0 Å². The second-order valence-electron chi connectivity index (χ2n) is 7.91. The summed E-state index contributed by atoms with van der Waals surface area (Å²) in [5.74, 6) is 0.234. The van der Waals surface area contributed by atoms with E-state index in [2.05, 4.69) is 5.32 Å². The zero-order valence-electron chi connectivity index (χ0n) is 16.4. The van der Waals surface area contributed by atoms with Gasteiger partial charge in [-0.05, 0) is 67.6 Å². The number of nitrogens with one attached hydrogen (secondary N) is 1. The van der Waals surface area contributed by atoms with Crippen molar-refractivity contribution in [1.29, 1.82) is 0 Å². The van der Waals surface area contributed by atoms with Crippen LogP contribution in [0.15, 0.2) is 42.5 Å². The van der Waals surface area contributed by atoms with E-state index < -0.39 is 0 Å². The van der Waals surface area contributed by atoms with Gasteiger partial charge in [-0.15, -0.1) is 0 Å². The molecule has 2 aliphatic rings. The number of piperidine rings is 1. The summed E-state index contributed by atoms with van der Waals surface area (Å²) in [5.41, 5.74) is 1.48. The number of anilines is 1. The van der Waals surface area contributed by atoms with Gasteiger partial charge in [0, 0.05) is 41.7 Å². The van der Waals surface area contributed by atoms with Gasteiger partial charge in [-0.1, -0.05) is 23.2 Å². The monoisotopic (exact) mass is 444 g/mol. The molecule has 0 radical (unpaired) electrons. The van der Waals surface area contributed by atoms with Crippen LogP contribution in [0.25, 0.3) is 0 Å². The average Bonchev–Trinajstić information content (AvgIpc) is 2.73. The van der Waals surface area contributed by atoms with E-state index in [0.29, 0.717) is 40.5 Å². The highest BCUT2D eigenvalue weighted by molar-refractivity contribution is 6.37. The number of carbonyl (C=O) groups is 3. The minimum Gasteiger partial charge on any atom is -0.335 e. The molecule has 2 fully saturated rings. The van der Waals surface area contributed by atoms with Crippen molar-refractivity contribution in [3.8, 4) is 0 Å². The number of fused-ring (bicyclic) bond motifs is 1. The predicted octanol–water partition coefficient (Wildman–Crippen LogP) is 5.22. The van der Waals surface area contributed by atoms with Crippen molar-refractivity contribution in [1.82, 2.24) is 4.90 Å². The van der Waals surface area contributed by atoms with Gasteiger partial charge in [0.2, 0.25) is 0 Å². The van der Waals surface area contributed by atoms with E-state index in [1.165, 1.54) is 6.07 Å². The number of nitrogens with zero attached hydrogens (tertiary/aromatic N) is 1. The fraction of sp³-hybridized carbons (Fsp3) is 0.348. The molecule has 1 saturated carbocycles. The second kappa shape index (κ2) is 8.78. The SMILES string of the molecule is O=C1CC[C@H]2[C@@H](CCCN2C(=O)c2ccc(NC(=O)c3ccc(Cl)cc3Cl)cc2)C1. The summed E-state index contributed by atoms with van der Waals surface area (Å²) in [7, 11) is 0. The number of ketones is 1. The summed E-state index contributed by atoms with van der Waals surface area (Å²) in [4.78, 5) is 39.3. The fourth-order valence-corrected chi connectivity index (χ4v) is 4.95. The zero-order valence-corrected chi connectivity index (χ0v) is 17.9. The molecule has 0 unspecified atom stereocenters. The van der Waals surface area contributed by atoms with Crippen LogP contribution >= 0.6 is 23.2 Å². The summed E-state index contributed by atoms with van der Waals surface area (Å²) < 4.78 is 0. The minimum atomic E-state index is -0.346. The summed E-state index contributed by atoms with van der Waals surface area (Å²) in [5, 5.41) is 3.52. The van der Waals surface area contributed by atoms with Gasteiger partial charge in [0.15, 0.2) is 0 Å². The van der Waals surface area contributed by atoms with Gasteiger partial charge in [0.25, 0.3) is 11.8 Å². The van der Waals surface area contributed by atoms with E-state index >= 15 is 0 Å². The Bertz CT molecular complexity index is 990. The van der Waals surface area contributed by atoms with Gasteiger partial charge in [-0.2, -0.15) is 0 Å². The van der Waals surface area contributed by atoms with Crippen LogP contribution in [-0.4, -0.2) is 35.1 Å². The van der Waals surface area contributed by atoms with Crippen LogP contribution < -0.4 is 5.32 Å². The number of hydrogen-bond acceptors (Lipinski definition) is 3. The van der Waals surface area contributed by atoms with E-state index in [0.717, 1.165) is 25.8 Å². The van der Waals surface area contributed by atoms with Crippen LogP contribution in [-0.2, 0) is 4.79 Å². The highest BCUT2D eigenvalue weighted by Gasteiger charge is 2.38. The second-order valence-corrected chi connectivity index (χ2v) is 8.75. The maximum Gasteiger partial charge on any atom is 0.257 e. The molecule has 1 saturated heterocycles. The molecule has 4 rings (SSSR count). The van der Waals surface area contributed by atoms with Crippen molar-refractivity contribution in [2.24, 2.45) is 5.92 Å². The summed E-state index contributed by atoms with van der Waals surface area (Å²) in [6.07, 6.45) is 3.84. The molecule has 2 atom stereocenters. The molecular weight excluding hydrogens is 423 g/mol. The van der Waals surface area contributed by atoms with Crippen LogP contribution in [0.3, 0.4) is 0 Å². The Balaban J connectivity index is 1.44. The highest BCUT2D eigenvalue weighted by Crippen LogP contribution is 2.34. The Morgan fingerprint density at radius 1 is 1.03 bits per heavy atom. The first-order chi connectivity index (χ1) is 14.4. The van der Waals surface area contributed by atoms with Gasteiger partial charge >= 0.3 is 0 Å². The van der Waals surface area contributed by atoms with Crippen molar-refractivity contribution in [3.63, 3.8) is 0 Å². The van der Waals surface area contributed by atoms with E-state index in [4.69, 9.17) is 23.2 Å². The largest absolute Gasteiger partial charge is 0.335 e. The van der Waals surface area contributed by atoms with Crippen LogP contribution in [0.4, 0.5) is 5.69 Å².